The van der Waals surface area contributed by atoms with E-state index < -0.39 is 0 Å². The lowest BCUT2D eigenvalue weighted by atomic mass is 9.97. The summed E-state index contributed by atoms with van der Waals surface area (Å²) in [6.07, 6.45) is 7.42. The van der Waals surface area contributed by atoms with Crippen LogP contribution in [0.5, 0.6) is 0 Å². The predicted molar refractivity (Wildman–Crippen MR) is 94.6 cm³/mol. The molecule has 0 unspecified atom stereocenters. The second kappa shape index (κ2) is 7.20. The number of nitrogens with zero attached hydrogens (tertiary/aromatic N) is 8. The average Bonchev–Trinajstić information content (AvgIpc) is 3.31. The van der Waals surface area contributed by atoms with Crippen molar-refractivity contribution in [2.75, 3.05) is 13.1 Å². The lowest BCUT2D eigenvalue weighted by molar-refractivity contribution is 0.161. The molecule has 0 aliphatic carbocycles. The van der Waals surface area contributed by atoms with Crippen molar-refractivity contribution in [3.63, 3.8) is 0 Å². The standard InChI is InChI=1S/C17H22N8O/c1-22-19-11-15(20-22)13-23-9-5-14(6-10-23)12-25-17(26)4-3-16(21-25)24-8-2-7-18-24/h2-4,7-8,11,14H,5-6,9-10,12-13H2,1H3. The third-order valence-corrected chi connectivity index (χ3v) is 4.76. The van der Waals surface area contributed by atoms with E-state index >= 15 is 0 Å². The van der Waals surface area contributed by atoms with Crippen LogP contribution in [0.15, 0.2) is 41.6 Å². The SMILES string of the molecule is Cn1ncc(CN2CCC(Cn3nc(-n4cccn4)ccc3=O)CC2)n1. The highest BCUT2D eigenvalue weighted by Gasteiger charge is 2.21. The number of likely N-dealkylation sites (tertiary alicyclic amines) is 1. The first-order chi connectivity index (χ1) is 12.7. The zero-order chi connectivity index (χ0) is 17.9. The Hall–Kier alpha value is -2.81. The molecule has 0 atom stereocenters. The van der Waals surface area contributed by atoms with Gasteiger partial charge in [0.1, 0.15) is 0 Å². The maximum absolute atomic E-state index is 12.2. The number of hydrogen-bond donors (Lipinski definition) is 0. The monoisotopic (exact) mass is 354 g/mol. The normalized spacial score (nSPS) is 16.2. The number of piperidine rings is 1. The Morgan fingerprint density at radius 2 is 2.00 bits per heavy atom. The minimum absolute atomic E-state index is 0.0668. The third-order valence-electron chi connectivity index (χ3n) is 4.76. The van der Waals surface area contributed by atoms with Gasteiger partial charge in [0.2, 0.25) is 0 Å². The molecule has 4 rings (SSSR count). The third kappa shape index (κ3) is 3.72. The van der Waals surface area contributed by atoms with Gasteiger partial charge < -0.3 is 0 Å². The lowest BCUT2D eigenvalue weighted by Crippen LogP contribution is -2.36. The van der Waals surface area contributed by atoms with Crippen LogP contribution in [0.25, 0.3) is 5.82 Å². The fourth-order valence-corrected chi connectivity index (χ4v) is 3.36. The summed E-state index contributed by atoms with van der Waals surface area (Å²) in [6.45, 7) is 3.46. The summed E-state index contributed by atoms with van der Waals surface area (Å²) in [7, 11) is 1.83. The summed E-state index contributed by atoms with van der Waals surface area (Å²) in [6, 6.07) is 5.10. The van der Waals surface area contributed by atoms with E-state index in [0.29, 0.717) is 18.3 Å². The van der Waals surface area contributed by atoms with E-state index in [-0.39, 0.29) is 5.56 Å². The molecule has 1 fully saturated rings. The number of rotatable bonds is 5. The van der Waals surface area contributed by atoms with Crippen molar-refractivity contribution >= 4 is 0 Å². The Morgan fingerprint density at radius 1 is 1.15 bits per heavy atom. The molecule has 0 spiro atoms. The van der Waals surface area contributed by atoms with Gasteiger partial charge >= 0.3 is 0 Å². The molecule has 26 heavy (non-hydrogen) atoms. The van der Waals surface area contributed by atoms with Gasteiger partial charge in [0, 0.05) is 38.6 Å². The van der Waals surface area contributed by atoms with Gasteiger partial charge in [-0.25, -0.2) is 9.36 Å². The van der Waals surface area contributed by atoms with Gasteiger partial charge in [0.25, 0.3) is 5.56 Å². The highest BCUT2D eigenvalue weighted by Crippen LogP contribution is 2.19. The minimum Gasteiger partial charge on any atom is -0.297 e. The maximum atomic E-state index is 12.2. The fourth-order valence-electron chi connectivity index (χ4n) is 3.36. The lowest BCUT2D eigenvalue weighted by Gasteiger charge is -2.31. The van der Waals surface area contributed by atoms with Crippen LogP contribution in [0.3, 0.4) is 0 Å². The van der Waals surface area contributed by atoms with Crippen molar-refractivity contribution in [2.24, 2.45) is 13.0 Å². The van der Waals surface area contributed by atoms with E-state index in [1.807, 2.05) is 25.5 Å². The molecule has 1 saturated heterocycles. The fraction of sp³-hybridized carbons (Fsp3) is 0.471. The molecule has 1 aliphatic rings. The molecule has 0 bridgehead atoms. The van der Waals surface area contributed by atoms with Crippen LogP contribution in [0.2, 0.25) is 0 Å². The summed E-state index contributed by atoms with van der Waals surface area (Å²) >= 11 is 0. The van der Waals surface area contributed by atoms with Gasteiger partial charge in [0.05, 0.1) is 11.9 Å². The zero-order valence-corrected chi connectivity index (χ0v) is 14.8. The average molecular weight is 354 g/mol. The Morgan fingerprint density at radius 3 is 2.69 bits per heavy atom. The molecule has 136 valence electrons. The molecule has 3 aromatic rings. The quantitative estimate of drug-likeness (QED) is 0.662. The molecular formula is C17H22N8O. The van der Waals surface area contributed by atoms with Gasteiger partial charge in [-0.05, 0) is 44.0 Å². The summed E-state index contributed by atoms with van der Waals surface area (Å²) in [5, 5.41) is 17.1. The summed E-state index contributed by atoms with van der Waals surface area (Å²) in [4.78, 5) is 16.1. The summed E-state index contributed by atoms with van der Waals surface area (Å²) in [5.41, 5.74) is 0.929. The Kier molecular flexibility index (Phi) is 4.61. The van der Waals surface area contributed by atoms with Crippen molar-refractivity contribution in [3.8, 4) is 5.82 Å². The van der Waals surface area contributed by atoms with E-state index in [4.69, 9.17) is 0 Å². The number of aryl methyl sites for hydroxylation is 1. The Balaban J connectivity index is 1.37. The molecule has 0 radical (unpaired) electrons. The first-order valence-electron chi connectivity index (χ1n) is 8.83. The van der Waals surface area contributed by atoms with Gasteiger partial charge in [-0.2, -0.15) is 20.1 Å². The van der Waals surface area contributed by atoms with Crippen LogP contribution in [-0.2, 0) is 20.1 Å². The van der Waals surface area contributed by atoms with Crippen LogP contribution in [-0.4, -0.2) is 52.5 Å². The zero-order valence-electron chi connectivity index (χ0n) is 14.8. The van der Waals surface area contributed by atoms with Crippen LogP contribution in [0.1, 0.15) is 18.5 Å². The molecule has 0 amide bonds. The highest BCUT2D eigenvalue weighted by molar-refractivity contribution is 5.17. The van der Waals surface area contributed by atoms with Gasteiger partial charge in [-0.1, -0.05) is 0 Å². The molecule has 9 heteroatoms. The first kappa shape index (κ1) is 16.6. The maximum Gasteiger partial charge on any atom is 0.266 e. The van der Waals surface area contributed by atoms with Crippen molar-refractivity contribution in [1.29, 1.82) is 0 Å². The largest absolute Gasteiger partial charge is 0.297 e. The van der Waals surface area contributed by atoms with Crippen LogP contribution >= 0.6 is 0 Å². The minimum atomic E-state index is -0.0668. The molecule has 3 aromatic heterocycles. The Labute approximate surface area is 150 Å². The van der Waals surface area contributed by atoms with Crippen LogP contribution < -0.4 is 5.56 Å². The predicted octanol–water partition coefficient (Wildman–Crippen LogP) is 0.470. The van der Waals surface area contributed by atoms with Gasteiger partial charge in [-0.3, -0.25) is 9.69 Å². The smallest absolute Gasteiger partial charge is 0.266 e. The van der Waals surface area contributed by atoms with Crippen molar-refractivity contribution < 1.29 is 0 Å². The van der Waals surface area contributed by atoms with E-state index in [9.17, 15) is 4.79 Å². The molecule has 9 nitrogen and oxygen atoms in total. The number of hydrogen-bond acceptors (Lipinski definition) is 6. The summed E-state index contributed by atoms with van der Waals surface area (Å²) in [5.74, 6) is 1.11. The molecular weight excluding hydrogens is 332 g/mol. The van der Waals surface area contributed by atoms with E-state index in [0.717, 1.165) is 38.2 Å². The second-order valence-electron chi connectivity index (χ2n) is 6.71. The highest BCUT2D eigenvalue weighted by atomic mass is 16.1. The molecule has 0 aromatic carbocycles. The van der Waals surface area contributed by atoms with Crippen molar-refractivity contribution in [1.82, 2.24) is 39.5 Å². The van der Waals surface area contributed by atoms with E-state index in [1.54, 1.807) is 32.5 Å². The Bertz CT molecular complexity index is 905. The van der Waals surface area contributed by atoms with Gasteiger partial charge in [-0.15, -0.1) is 5.10 Å². The van der Waals surface area contributed by atoms with E-state index in [1.165, 1.54) is 0 Å². The number of aromatic nitrogens is 7. The first-order valence-corrected chi connectivity index (χ1v) is 8.83. The van der Waals surface area contributed by atoms with Crippen LogP contribution in [0.4, 0.5) is 0 Å². The topological polar surface area (TPSA) is 86.7 Å². The molecule has 4 heterocycles. The second-order valence-corrected chi connectivity index (χ2v) is 6.71. The molecule has 0 saturated carbocycles. The molecule has 0 N–H and O–H groups in total. The van der Waals surface area contributed by atoms with E-state index in [2.05, 4.69) is 25.3 Å². The summed E-state index contributed by atoms with van der Waals surface area (Å²) < 4.78 is 3.24. The van der Waals surface area contributed by atoms with Gasteiger partial charge in [0.15, 0.2) is 5.82 Å². The van der Waals surface area contributed by atoms with Crippen molar-refractivity contribution in [3.05, 3.63) is 52.8 Å². The van der Waals surface area contributed by atoms with Crippen molar-refractivity contribution in [2.45, 2.75) is 25.9 Å². The molecule has 1 aliphatic heterocycles. The van der Waals surface area contributed by atoms with Crippen LogP contribution in [0, 0.1) is 5.92 Å².